The van der Waals surface area contributed by atoms with Crippen LogP contribution < -0.4 is 4.90 Å². The highest BCUT2D eigenvalue weighted by atomic mass is 79.9. The van der Waals surface area contributed by atoms with Gasteiger partial charge in [-0.2, -0.15) is 0 Å². The Balaban J connectivity index is 1.78. The van der Waals surface area contributed by atoms with Crippen LogP contribution in [-0.4, -0.2) is 65.5 Å². The normalized spacial score (nSPS) is 20.3. The number of anilines is 1. The number of amides is 1. The Bertz CT molecular complexity index is 1130. The quantitative estimate of drug-likeness (QED) is 0.378. The van der Waals surface area contributed by atoms with E-state index in [0.29, 0.717) is 6.54 Å². The summed E-state index contributed by atoms with van der Waals surface area (Å²) in [5, 5.41) is 0.220. The monoisotopic (exact) mass is 505 g/mol. The highest BCUT2D eigenvalue weighted by Crippen LogP contribution is 2.61. The van der Waals surface area contributed by atoms with E-state index < -0.39 is 0 Å². The maximum absolute atomic E-state index is 13.8. The molecule has 0 fully saturated rings. The smallest absolute Gasteiger partial charge is 0.302 e. The van der Waals surface area contributed by atoms with Gasteiger partial charge in [-0.3, -0.25) is 9.59 Å². The number of carbonyl (C=O) groups excluding carboxylic acids is 2. The summed E-state index contributed by atoms with van der Waals surface area (Å²) in [6.45, 7) is 2.16. The van der Waals surface area contributed by atoms with Crippen LogP contribution in [0.5, 0.6) is 0 Å². The summed E-state index contributed by atoms with van der Waals surface area (Å²) in [5.41, 5.74) is 4.28. The zero-order chi connectivity index (χ0) is 23.6. The van der Waals surface area contributed by atoms with Crippen molar-refractivity contribution in [3.8, 4) is 0 Å². The third kappa shape index (κ3) is 3.48. The van der Waals surface area contributed by atoms with E-state index in [1.807, 2.05) is 23.1 Å². The van der Waals surface area contributed by atoms with Crippen molar-refractivity contribution in [2.45, 2.75) is 42.0 Å². The number of benzene rings is 1. The van der Waals surface area contributed by atoms with Crippen molar-refractivity contribution in [1.29, 1.82) is 0 Å². The van der Waals surface area contributed by atoms with Gasteiger partial charge in [0, 0.05) is 28.4 Å². The first-order valence-corrected chi connectivity index (χ1v) is 12.8. The largest absolute Gasteiger partial charge is 0.461 e. The zero-order valence-electron chi connectivity index (χ0n) is 20.0. The van der Waals surface area contributed by atoms with E-state index in [1.165, 1.54) is 22.9 Å². The minimum absolute atomic E-state index is 0.0210. The Kier molecular flexibility index (Phi) is 5.89. The van der Waals surface area contributed by atoms with Crippen LogP contribution in [0.25, 0.3) is 0 Å². The molecule has 1 aliphatic carbocycles. The molecule has 1 amide bonds. The second-order valence-electron chi connectivity index (χ2n) is 10.7. The van der Waals surface area contributed by atoms with E-state index in [2.05, 4.69) is 63.0 Å². The molecule has 1 aliphatic heterocycles. The molecule has 4 rings (SSSR count). The Morgan fingerprint density at radius 2 is 1.91 bits per heavy atom. The summed E-state index contributed by atoms with van der Waals surface area (Å²) >= 11 is 5.26. The summed E-state index contributed by atoms with van der Waals surface area (Å²) in [6.07, 6.45) is 1.84. The van der Waals surface area contributed by atoms with Crippen molar-refractivity contribution in [3.05, 3.63) is 49.1 Å². The molecular weight excluding hydrogens is 479 g/mol. The van der Waals surface area contributed by atoms with E-state index in [4.69, 9.17) is 4.74 Å². The van der Waals surface area contributed by atoms with Gasteiger partial charge in [-0.1, -0.05) is 37.6 Å². The predicted octanol–water partition coefficient (Wildman–Crippen LogP) is -1.48. The van der Waals surface area contributed by atoms with Crippen LogP contribution >= 0.6 is 27.3 Å². The Labute approximate surface area is 208 Å². The lowest BCUT2D eigenvalue weighted by atomic mass is 9.15. The van der Waals surface area contributed by atoms with Gasteiger partial charge in [0.25, 0.3) is 5.91 Å². The number of hydrogen-bond donors (Lipinski definition) is 0. The summed E-state index contributed by atoms with van der Waals surface area (Å²) < 4.78 is 6.12. The standard InChI is InChI=1S/C20H26B6BrNO3S/c1-9(29)31-8-11-12(27)3-2-4-13(11)28-6-5-10-15-14(32-16(10)17(28)30)7-18(21,22)20(25,26)19(15,23)24/h2-4H,5-8,21-26H2,1H3. The van der Waals surface area contributed by atoms with Crippen LogP contribution in [0.2, 0.25) is 10.4 Å². The lowest BCUT2D eigenvalue weighted by molar-refractivity contribution is -0.142. The van der Waals surface area contributed by atoms with Gasteiger partial charge in [0.1, 0.15) is 22.3 Å². The number of halogens is 1. The molecule has 0 saturated heterocycles. The molecule has 2 aliphatic rings. The number of fused-ring (bicyclic) bond motifs is 3. The van der Waals surface area contributed by atoms with Crippen molar-refractivity contribution in [1.82, 2.24) is 0 Å². The molecule has 0 radical (unpaired) electrons. The van der Waals surface area contributed by atoms with Gasteiger partial charge in [-0.25, -0.2) is 0 Å². The van der Waals surface area contributed by atoms with E-state index in [1.54, 1.807) is 11.3 Å². The number of thiophene rings is 1. The minimum atomic E-state index is -0.336. The van der Waals surface area contributed by atoms with Gasteiger partial charge >= 0.3 is 5.97 Å². The first-order chi connectivity index (χ1) is 14.8. The third-order valence-electron chi connectivity index (χ3n) is 8.39. The number of hydrogen-bond acceptors (Lipinski definition) is 4. The third-order valence-corrected chi connectivity index (χ3v) is 10.4. The van der Waals surface area contributed by atoms with Crippen molar-refractivity contribution >= 4 is 91.9 Å². The minimum Gasteiger partial charge on any atom is -0.461 e. The molecule has 0 bridgehead atoms. The first kappa shape index (κ1) is 23.9. The maximum Gasteiger partial charge on any atom is 0.302 e. The first-order valence-electron chi connectivity index (χ1n) is 11.2. The number of nitrogens with zero attached hydrogens (tertiary/aromatic N) is 1. The van der Waals surface area contributed by atoms with E-state index in [9.17, 15) is 9.59 Å². The van der Waals surface area contributed by atoms with Crippen LogP contribution in [0.3, 0.4) is 0 Å². The van der Waals surface area contributed by atoms with Crippen LogP contribution in [0, 0.1) is 0 Å². The van der Waals surface area contributed by atoms with Crippen molar-refractivity contribution < 1.29 is 14.3 Å². The van der Waals surface area contributed by atoms with Gasteiger partial charge in [-0.15, -0.1) is 11.3 Å². The lowest BCUT2D eigenvalue weighted by Crippen LogP contribution is -2.54. The molecule has 2 heterocycles. The zero-order valence-corrected chi connectivity index (χ0v) is 22.4. The number of rotatable bonds is 3. The number of carbonyl (C=O) groups is 2. The molecule has 160 valence electrons. The molecule has 0 N–H and O–H groups in total. The molecule has 12 heteroatoms. The molecule has 0 saturated carbocycles. The fourth-order valence-corrected chi connectivity index (χ4v) is 7.51. The second-order valence-corrected chi connectivity index (χ2v) is 12.7. The number of esters is 1. The topological polar surface area (TPSA) is 46.6 Å². The molecule has 32 heavy (non-hydrogen) atoms. The van der Waals surface area contributed by atoms with Gasteiger partial charge in [-0.05, 0) is 36.1 Å². The highest BCUT2D eigenvalue weighted by molar-refractivity contribution is 9.10. The molecule has 0 spiro atoms. The van der Waals surface area contributed by atoms with Crippen LogP contribution in [0.4, 0.5) is 5.69 Å². The molecule has 1 aromatic heterocycles. The maximum atomic E-state index is 13.8. The average molecular weight is 505 g/mol. The SMILES string of the molecule is BC1(B)Cc2sc3c(c2C(B)(B)C1(B)B)CCN(c1cccc(Br)c1COC(C)=O)C3=O. The van der Waals surface area contributed by atoms with Gasteiger partial charge in [0.05, 0.1) is 41.9 Å². The van der Waals surface area contributed by atoms with Crippen LogP contribution in [-0.2, 0) is 34.2 Å². The molecule has 4 nitrogen and oxygen atoms in total. The summed E-state index contributed by atoms with van der Waals surface area (Å²) in [4.78, 5) is 29.3. The Morgan fingerprint density at radius 1 is 1.22 bits per heavy atom. The molecule has 1 aromatic carbocycles. The second kappa shape index (κ2) is 7.90. The Morgan fingerprint density at radius 3 is 2.56 bits per heavy atom. The van der Waals surface area contributed by atoms with E-state index >= 15 is 0 Å². The molecule has 0 unspecified atom stereocenters. The van der Waals surface area contributed by atoms with Crippen LogP contribution in [0.1, 0.15) is 38.2 Å². The van der Waals surface area contributed by atoms with Gasteiger partial charge in [0.2, 0.25) is 0 Å². The van der Waals surface area contributed by atoms with Crippen molar-refractivity contribution in [2.75, 3.05) is 11.4 Å². The van der Waals surface area contributed by atoms with Crippen molar-refractivity contribution in [2.24, 2.45) is 0 Å². The molecule has 2 aromatic rings. The molecule has 0 atom stereocenters. The van der Waals surface area contributed by atoms with Gasteiger partial charge in [0.15, 0.2) is 0 Å². The average Bonchev–Trinajstić information content (AvgIpc) is 3.05. The predicted molar refractivity (Wildman–Crippen MR) is 151 cm³/mol. The highest BCUT2D eigenvalue weighted by Gasteiger charge is 2.54. The summed E-state index contributed by atoms with van der Waals surface area (Å²) in [6, 6.07) is 5.78. The fourth-order valence-electron chi connectivity index (χ4n) is 5.35. The molecular formula is C20H26B6BrNO3S. The van der Waals surface area contributed by atoms with Crippen LogP contribution in [0.15, 0.2) is 22.7 Å². The van der Waals surface area contributed by atoms with E-state index in [0.717, 1.165) is 33.4 Å². The Hall–Kier alpha value is -1.27. The number of ether oxygens (including phenoxy) is 1. The van der Waals surface area contributed by atoms with Crippen molar-refractivity contribution in [3.63, 3.8) is 0 Å². The van der Waals surface area contributed by atoms with Gasteiger partial charge < -0.3 is 9.64 Å². The summed E-state index contributed by atoms with van der Waals surface area (Å²) in [7, 11) is 14.2. The fraction of sp³-hybridized carbons (Fsp3) is 0.400. The lowest BCUT2D eigenvalue weighted by Gasteiger charge is -2.58. The van der Waals surface area contributed by atoms with E-state index in [-0.39, 0.29) is 34.1 Å². The summed E-state index contributed by atoms with van der Waals surface area (Å²) in [5.74, 6) is -0.281.